The maximum absolute atomic E-state index is 12.6. The molecule has 1 aliphatic heterocycles. The number of nitrogens with zero attached hydrogens (tertiary/aromatic N) is 1. The molecule has 5 nitrogen and oxygen atoms in total. The molecule has 120 valence electrons. The van der Waals surface area contributed by atoms with E-state index in [9.17, 15) is 14.7 Å². The van der Waals surface area contributed by atoms with Crippen molar-refractivity contribution in [2.24, 2.45) is 5.92 Å². The molecule has 0 spiro atoms. The van der Waals surface area contributed by atoms with Crippen molar-refractivity contribution < 1.29 is 14.7 Å². The van der Waals surface area contributed by atoms with Crippen molar-refractivity contribution in [3.05, 3.63) is 35.4 Å². The molecule has 1 aromatic rings. The summed E-state index contributed by atoms with van der Waals surface area (Å²) >= 11 is 0. The molecule has 2 unspecified atom stereocenters. The van der Waals surface area contributed by atoms with Gasteiger partial charge in [-0.15, -0.1) is 0 Å². The van der Waals surface area contributed by atoms with Crippen LogP contribution in [0.1, 0.15) is 42.6 Å². The van der Waals surface area contributed by atoms with Gasteiger partial charge in [0.2, 0.25) is 5.91 Å². The van der Waals surface area contributed by atoms with Gasteiger partial charge in [-0.2, -0.15) is 0 Å². The second kappa shape index (κ2) is 7.40. The van der Waals surface area contributed by atoms with E-state index in [1.165, 1.54) is 6.92 Å². The number of carbonyl (C=O) groups is 2. The predicted molar refractivity (Wildman–Crippen MR) is 84.3 cm³/mol. The number of likely N-dealkylation sites (tertiary alicyclic amines) is 1. The van der Waals surface area contributed by atoms with Crippen molar-refractivity contribution in [2.75, 3.05) is 13.2 Å². The molecular weight excluding hydrogens is 280 g/mol. The standard InChI is InChI=1S/C17H24N2O3/c1-12-4-3-9-19(16(12)11-20)17(22)15-7-5-14(6-8-15)10-18-13(2)21/h5-8,12,16,20H,3-4,9-11H2,1-2H3,(H,18,21). The smallest absolute Gasteiger partial charge is 0.254 e. The Hall–Kier alpha value is -1.88. The maximum atomic E-state index is 12.6. The van der Waals surface area contributed by atoms with Gasteiger partial charge in [0.05, 0.1) is 12.6 Å². The molecule has 0 saturated carbocycles. The molecule has 2 amide bonds. The van der Waals surface area contributed by atoms with Crippen molar-refractivity contribution in [1.29, 1.82) is 0 Å². The lowest BCUT2D eigenvalue weighted by Gasteiger charge is -2.39. The fourth-order valence-corrected chi connectivity index (χ4v) is 2.94. The third-order valence-corrected chi connectivity index (χ3v) is 4.31. The molecule has 0 radical (unpaired) electrons. The Morgan fingerprint density at radius 1 is 1.32 bits per heavy atom. The minimum absolute atomic E-state index is 0.00746. The van der Waals surface area contributed by atoms with Crippen LogP contribution in [0, 0.1) is 5.92 Å². The largest absolute Gasteiger partial charge is 0.394 e. The molecule has 5 heteroatoms. The number of benzene rings is 1. The van der Waals surface area contributed by atoms with Gasteiger partial charge in [-0.3, -0.25) is 9.59 Å². The topological polar surface area (TPSA) is 69.6 Å². The maximum Gasteiger partial charge on any atom is 0.254 e. The summed E-state index contributed by atoms with van der Waals surface area (Å²) in [5, 5.41) is 12.3. The van der Waals surface area contributed by atoms with E-state index in [1.807, 2.05) is 12.1 Å². The summed E-state index contributed by atoms with van der Waals surface area (Å²) in [6, 6.07) is 7.18. The molecule has 1 fully saturated rings. The number of hydrogen-bond donors (Lipinski definition) is 2. The fourth-order valence-electron chi connectivity index (χ4n) is 2.94. The number of carbonyl (C=O) groups excluding carboxylic acids is 2. The highest BCUT2D eigenvalue weighted by Crippen LogP contribution is 2.24. The summed E-state index contributed by atoms with van der Waals surface area (Å²) in [5.74, 6) is 0.215. The number of aliphatic hydroxyl groups excluding tert-OH is 1. The lowest BCUT2D eigenvalue weighted by atomic mass is 9.90. The SMILES string of the molecule is CC(=O)NCc1ccc(C(=O)N2CCCC(C)C2CO)cc1. The van der Waals surface area contributed by atoms with Gasteiger partial charge in [0.25, 0.3) is 5.91 Å². The van der Waals surface area contributed by atoms with Crippen LogP contribution >= 0.6 is 0 Å². The van der Waals surface area contributed by atoms with E-state index in [-0.39, 0.29) is 24.5 Å². The Balaban J connectivity index is 2.06. The third-order valence-electron chi connectivity index (χ3n) is 4.31. The number of amides is 2. The predicted octanol–water partition coefficient (Wildman–Crippen LogP) is 1.56. The van der Waals surface area contributed by atoms with Gasteiger partial charge in [0, 0.05) is 25.6 Å². The zero-order chi connectivity index (χ0) is 16.1. The molecule has 2 rings (SSSR count). The van der Waals surface area contributed by atoms with E-state index < -0.39 is 0 Å². The average Bonchev–Trinajstić information content (AvgIpc) is 2.52. The van der Waals surface area contributed by atoms with Crippen LogP contribution in [0.4, 0.5) is 0 Å². The molecule has 0 bridgehead atoms. The average molecular weight is 304 g/mol. The molecule has 0 aromatic heterocycles. The van der Waals surface area contributed by atoms with Gasteiger partial charge in [-0.1, -0.05) is 19.1 Å². The van der Waals surface area contributed by atoms with Gasteiger partial charge < -0.3 is 15.3 Å². The number of hydrogen-bond acceptors (Lipinski definition) is 3. The minimum atomic E-state index is -0.0969. The van der Waals surface area contributed by atoms with Crippen molar-refractivity contribution in [3.8, 4) is 0 Å². The van der Waals surface area contributed by atoms with Crippen LogP contribution in [0.3, 0.4) is 0 Å². The van der Waals surface area contributed by atoms with Crippen molar-refractivity contribution in [1.82, 2.24) is 10.2 Å². The zero-order valence-electron chi connectivity index (χ0n) is 13.2. The third kappa shape index (κ3) is 3.85. The highest BCUT2D eigenvalue weighted by Gasteiger charge is 2.31. The second-order valence-electron chi connectivity index (χ2n) is 5.97. The van der Waals surface area contributed by atoms with E-state index in [2.05, 4.69) is 12.2 Å². The summed E-state index contributed by atoms with van der Waals surface area (Å²) in [6.07, 6.45) is 2.02. The Bertz CT molecular complexity index is 527. The second-order valence-corrected chi connectivity index (χ2v) is 5.97. The highest BCUT2D eigenvalue weighted by molar-refractivity contribution is 5.94. The first kappa shape index (κ1) is 16.5. The Morgan fingerprint density at radius 3 is 2.59 bits per heavy atom. The molecule has 1 aliphatic rings. The van der Waals surface area contributed by atoms with Crippen LogP contribution in [0.25, 0.3) is 0 Å². The lowest BCUT2D eigenvalue weighted by Crippen LogP contribution is -2.49. The molecular formula is C17H24N2O3. The molecule has 2 atom stereocenters. The molecule has 0 aliphatic carbocycles. The van der Waals surface area contributed by atoms with E-state index >= 15 is 0 Å². The summed E-state index contributed by atoms with van der Waals surface area (Å²) < 4.78 is 0. The van der Waals surface area contributed by atoms with Gasteiger partial charge in [-0.25, -0.2) is 0 Å². The van der Waals surface area contributed by atoms with E-state index in [0.29, 0.717) is 24.6 Å². The Morgan fingerprint density at radius 2 is 2.00 bits per heavy atom. The van der Waals surface area contributed by atoms with Crippen molar-refractivity contribution >= 4 is 11.8 Å². The monoisotopic (exact) mass is 304 g/mol. The van der Waals surface area contributed by atoms with Gasteiger partial charge in [0.15, 0.2) is 0 Å². The molecule has 22 heavy (non-hydrogen) atoms. The first-order chi connectivity index (χ1) is 10.5. The van der Waals surface area contributed by atoms with Crippen LogP contribution in [0.15, 0.2) is 24.3 Å². The number of piperidine rings is 1. The number of aliphatic hydroxyl groups is 1. The van der Waals surface area contributed by atoms with Crippen LogP contribution < -0.4 is 5.32 Å². The quantitative estimate of drug-likeness (QED) is 0.887. The summed E-state index contributed by atoms with van der Waals surface area (Å²) in [4.78, 5) is 25.3. The van der Waals surface area contributed by atoms with Gasteiger partial charge >= 0.3 is 0 Å². The lowest BCUT2D eigenvalue weighted by molar-refractivity contribution is -0.119. The van der Waals surface area contributed by atoms with Gasteiger partial charge in [-0.05, 0) is 36.5 Å². The highest BCUT2D eigenvalue weighted by atomic mass is 16.3. The van der Waals surface area contributed by atoms with Crippen molar-refractivity contribution in [3.63, 3.8) is 0 Å². The number of rotatable bonds is 4. The van der Waals surface area contributed by atoms with Crippen LogP contribution in [0.2, 0.25) is 0 Å². The van der Waals surface area contributed by atoms with Gasteiger partial charge in [0.1, 0.15) is 0 Å². The fraction of sp³-hybridized carbons (Fsp3) is 0.529. The molecule has 1 saturated heterocycles. The summed E-state index contributed by atoms with van der Waals surface area (Å²) in [6.45, 7) is 4.72. The van der Waals surface area contributed by atoms with Crippen LogP contribution in [-0.2, 0) is 11.3 Å². The Kier molecular flexibility index (Phi) is 5.55. The van der Waals surface area contributed by atoms with Crippen molar-refractivity contribution in [2.45, 2.75) is 39.3 Å². The molecule has 1 heterocycles. The summed E-state index contributed by atoms with van der Waals surface area (Å²) in [7, 11) is 0. The molecule has 2 N–H and O–H groups in total. The van der Waals surface area contributed by atoms with E-state index in [4.69, 9.17) is 0 Å². The molecule has 1 aromatic carbocycles. The number of nitrogens with one attached hydrogen (secondary N) is 1. The first-order valence-corrected chi connectivity index (χ1v) is 7.78. The normalized spacial score (nSPS) is 21.5. The van der Waals surface area contributed by atoms with Crippen LogP contribution in [0.5, 0.6) is 0 Å². The van der Waals surface area contributed by atoms with Crippen LogP contribution in [-0.4, -0.2) is 41.0 Å². The van der Waals surface area contributed by atoms with E-state index in [0.717, 1.165) is 18.4 Å². The Labute approximate surface area is 131 Å². The minimum Gasteiger partial charge on any atom is -0.394 e. The summed E-state index contributed by atoms with van der Waals surface area (Å²) in [5.41, 5.74) is 1.58. The van der Waals surface area contributed by atoms with E-state index in [1.54, 1.807) is 17.0 Å². The zero-order valence-corrected chi connectivity index (χ0v) is 13.2. The first-order valence-electron chi connectivity index (χ1n) is 7.78.